The number of carbonyl (C=O) groups is 3. The van der Waals surface area contributed by atoms with E-state index in [0.29, 0.717) is 54.6 Å². The molecule has 1 atom stereocenters. The normalized spacial score (nSPS) is 20.9. The van der Waals surface area contributed by atoms with Crippen LogP contribution >= 0.6 is 35.6 Å². The molecule has 49 heavy (non-hydrogen) atoms. The van der Waals surface area contributed by atoms with Crippen molar-refractivity contribution in [2.45, 2.75) is 36.5 Å². The van der Waals surface area contributed by atoms with Crippen molar-refractivity contribution in [3.63, 3.8) is 0 Å². The molecule has 3 fully saturated rings. The van der Waals surface area contributed by atoms with Gasteiger partial charge < -0.3 is 30.4 Å². The monoisotopic (exact) mass is 729 g/mol. The van der Waals surface area contributed by atoms with Crippen molar-refractivity contribution in [3.8, 4) is 0 Å². The van der Waals surface area contributed by atoms with E-state index in [1.165, 1.54) is 0 Å². The van der Waals surface area contributed by atoms with E-state index in [9.17, 15) is 19.5 Å². The molecule has 0 aromatic heterocycles. The van der Waals surface area contributed by atoms with Gasteiger partial charge >= 0.3 is 12.0 Å². The molecule has 9 nitrogen and oxygen atoms in total. The van der Waals surface area contributed by atoms with E-state index in [4.69, 9.17) is 28.9 Å². The molecule has 3 N–H and O–H groups in total. The van der Waals surface area contributed by atoms with Gasteiger partial charge in [0.05, 0.1) is 15.5 Å². The summed E-state index contributed by atoms with van der Waals surface area (Å²) in [6.07, 6.45) is 2.82. The Bertz CT molecular complexity index is 1560. The lowest BCUT2D eigenvalue weighted by Gasteiger charge is -2.40. The van der Waals surface area contributed by atoms with Crippen LogP contribution in [0.15, 0.2) is 78.9 Å². The van der Waals surface area contributed by atoms with Crippen LogP contribution in [0, 0.1) is 0 Å². The Labute approximate surface area is 305 Å². The van der Waals surface area contributed by atoms with Crippen molar-refractivity contribution < 1.29 is 19.5 Å². The number of carboxylic acid groups (broad SMARTS) is 1. The predicted octanol–water partition coefficient (Wildman–Crippen LogP) is 6.02. The SMILES string of the molecule is CN1CCN(C(N)=O)CC1.Cl.O=C(c1ccccc1)N1CCC(CCN2CCC(C(=O)O)(c3ccccc3)CC2)(c2ccc(Cl)c(Cl)c2)C1. The van der Waals surface area contributed by atoms with E-state index in [2.05, 4.69) is 9.80 Å². The number of primary amides is 1. The van der Waals surface area contributed by atoms with Crippen LogP contribution in [-0.2, 0) is 15.6 Å². The number of halogens is 3. The van der Waals surface area contributed by atoms with Crippen molar-refractivity contribution in [3.05, 3.63) is 106 Å². The van der Waals surface area contributed by atoms with Crippen LogP contribution < -0.4 is 5.73 Å². The second-order valence-electron chi connectivity index (χ2n) is 13.2. The largest absolute Gasteiger partial charge is 0.481 e. The lowest BCUT2D eigenvalue weighted by molar-refractivity contribution is -0.146. The number of carbonyl (C=O) groups excluding carboxylic acids is 2. The molecule has 1 unspecified atom stereocenters. The first-order valence-corrected chi connectivity index (χ1v) is 17.3. The fraction of sp³-hybridized carbons (Fsp3) is 0.432. The fourth-order valence-electron chi connectivity index (χ4n) is 7.16. The third-order valence-electron chi connectivity index (χ3n) is 10.4. The highest BCUT2D eigenvalue weighted by Crippen LogP contribution is 2.42. The third-order valence-corrected chi connectivity index (χ3v) is 11.1. The zero-order valence-corrected chi connectivity index (χ0v) is 30.2. The number of likely N-dealkylation sites (tertiary alicyclic amines) is 2. The molecule has 3 aromatic carbocycles. The van der Waals surface area contributed by atoms with Gasteiger partial charge in [0.2, 0.25) is 0 Å². The highest BCUT2D eigenvalue weighted by Gasteiger charge is 2.45. The zero-order valence-electron chi connectivity index (χ0n) is 27.9. The quantitative estimate of drug-likeness (QED) is 0.308. The van der Waals surface area contributed by atoms with E-state index in [0.717, 1.165) is 56.7 Å². The summed E-state index contributed by atoms with van der Waals surface area (Å²) in [6.45, 7) is 6.93. The van der Waals surface area contributed by atoms with E-state index in [1.54, 1.807) is 4.90 Å². The van der Waals surface area contributed by atoms with Crippen LogP contribution in [0.3, 0.4) is 0 Å². The number of hydrogen-bond acceptors (Lipinski definition) is 5. The minimum Gasteiger partial charge on any atom is -0.481 e. The van der Waals surface area contributed by atoms with Gasteiger partial charge in [-0.1, -0.05) is 77.8 Å². The van der Waals surface area contributed by atoms with Crippen molar-refractivity contribution in [2.24, 2.45) is 5.73 Å². The second kappa shape index (κ2) is 17.1. The number of hydrogen-bond donors (Lipinski definition) is 2. The maximum atomic E-state index is 13.3. The van der Waals surface area contributed by atoms with Gasteiger partial charge in [0.15, 0.2) is 0 Å². The summed E-state index contributed by atoms with van der Waals surface area (Å²) in [6, 6.07) is 24.5. The summed E-state index contributed by atoms with van der Waals surface area (Å²) in [5.74, 6) is -0.707. The molecule has 0 bridgehead atoms. The summed E-state index contributed by atoms with van der Waals surface area (Å²) in [7, 11) is 2.04. The Kier molecular flexibility index (Phi) is 13.4. The molecule has 0 spiro atoms. The van der Waals surface area contributed by atoms with Gasteiger partial charge in [0.1, 0.15) is 0 Å². The molecule has 3 aliphatic heterocycles. The number of benzene rings is 3. The van der Waals surface area contributed by atoms with Gasteiger partial charge in [-0.05, 0) is 87.8 Å². The molecular weight excluding hydrogens is 685 g/mol. The summed E-state index contributed by atoms with van der Waals surface area (Å²) < 4.78 is 0. The molecule has 0 saturated carbocycles. The highest BCUT2D eigenvalue weighted by atomic mass is 35.5. The van der Waals surface area contributed by atoms with Gasteiger partial charge in [0, 0.05) is 50.2 Å². The molecule has 3 saturated heterocycles. The molecule has 3 aromatic rings. The first-order valence-electron chi connectivity index (χ1n) is 16.6. The van der Waals surface area contributed by atoms with Crippen molar-refractivity contribution >= 4 is 53.5 Å². The molecule has 3 amide bonds. The average molecular weight is 731 g/mol. The molecular formula is C37H46Cl3N5O4. The first kappa shape index (κ1) is 38.5. The summed E-state index contributed by atoms with van der Waals surface area (Å²) >= 11 is 12.7. The molecule has 0 aliphatic carbocycles. The second-order valence-corrected chi connectivity index (χ2v) is 14.0. The van der Waals surface area contributed by atoms with Gasteiger partial charge in [-0.25, -0.2) is 4.79 Å². The number of likely N-dealkylation sites (N-methyl/N-ethyl adjacent to an activating group) is 1. The maximum absolute atomic E-state index is 13.3. The Morgan fingerprint density at radius 3 is 1.94 bits per heavy atom. The zero-order chi connectivity index (χ0) is 34.3. The van der Waals surface area contributed by atoms with Crippen LogP contribution in [0.5, 0.6) is 0 Å². The number of aliphatic carboxylic acids is 1. The van der Waals surface area contributed by atoms with Crippen molar-refractivity contribution in [1.29, 1.82) is 0 Å². The summed E-state index contributed by atoms with van der Waals surface area (Å²) in [5, 5.41) is 11.2. The Hall–Kier alpha value is -3.34. The number of piperidine rings is 1. The number of nitrogens with two attached hydrogens (primary N) is 1. The van der Waals surface area contributed by atoms with Gasteiger partial charge in [-0.15, -0.1) is 12.4 Å². The number of amides is 3. The maximum Gasteiger partial charge on any atom is 0.314 e. The first-order chi connectivity index (χ1) is 23.0. The third kappa shape index (κ3) is 9.07. The Morgan fingerprint density at radius 1 is 0.755 bits per heavy atom. The van der Waals surface area contributed by atoms with Crippen LogP contribution in [0.1, 0.15) is 47.2 Å². The number of nitrogens with zero attached hydrogens (tertiary/aromatic N) is 4. The lowest BCUT2D eigenvalue weighted by atomic mass is 9.72. The smallest absolute Gasteiger partial charge is 0.314 e. The van der Waals surface area contributed by atoms with E-state index in [1.807, 2.05) is 90.8 Å². The fourth-order valence-corrected chi connectivity index (χ4v) is 7.46. The molecule has 264 valence electrons. The van der Waals surface area contributed by atoms with Crippen LogP contribution in [0.25, 0.3) is 0 Å². The van der Waals surface area contributed by atoms with Crippen LogP contribution in [-0.4, -0.2) is 109 Å². The Balaban J connectivity index is 0.000000424. The van der Waals surface area contributed by atoms with E-state index in [-0.39, 0.29) is 29.8 Å². The minimum atomic E-state index is -0.842. The summed E-state index contributed by atoms with van der Waals surface area (Å²) in [5.41, 5.74) is 6.66. The molecule has 3 heterocycles. The lowest BCUT2D eigenvalue weighted by Crippen LogP contribution is -2.49. The van der Waals surface area contributed by atoms with Gasteiger partial charge in [-0.2, -0.15) is 0 Å². The topological polar surface area (TPSA) is 110 Å². The molecule has 12 heteroatoms. The van der Waals surface area contributed by atoms with Gasteiger partial charge in [-0.3, -0.25) is 9.59 Å². The highest BCUT2D eigenvalue weighted by molar-refractivity contribution is 6.42. The van der Waals surface area contributed by atoms with Crippen molar-refractivity contribution in [2.75, 3.05) is 66.0 Å². The van der Waals surface area contributed by atoms with E-state index >= 15 is 0 Å². The molecule has 0 radical (unpaired) electrons. The van der Waals surface area contributed by atoms with Crippen LogP contribution in [0.4, 0.5) is 4.79 Å². The van der Waals surface area contributed by atoms with Crippen molar-refractivity contribution in [1.82, 2.24) is 19.6 Å². The standard InChI is InChI=1S/C31H32Cl2N2O3.C6H13N3O.ClH/c32-26-12-11-25(21-27(26)33)30(14-20-35(22-30)28(36)23-7-3-1-4-8-23)13-17-34-18-15-31(16-19-34,29(37)38)24-9-5-2-6-10-24;1-8-2-4-9(5-3-8)6(7)10;/h1-12,21H,13-20,22H2,(H,37,38);2-5H2,1H3,(H2,7,10);1H. The van der Waals surface area contributed by atoms with Crippen LogP contribution in [0.2, 0.25) is 10.0 Å². The number of piperazine rings is 1. The number of carboxylic acids is 1. The average Bonchev–Trinajstić information content (AvgIpc) is 3.55. The number of rotatable bonds is 7. The predicted molar refractivity (Wildman–Crippen MR) is 197 cm³/mol. The Morgan fingerprint density at radius 2 is 1.37 bits per heavy atom. The summed E-state index contributed by atoms with van der Waals surface area (Å²) in [4.78, 5) is 44.4. The molecule has 3 aliphatic rings. The molecule has 6 rings (SSSR count). The van der Waals surface area contributed by atoms with Gasteiger partial charge in [0.25, 0.3) is 5.91 Å². The minimum absolute atomic E-state index is 0. The van der Waals surface area contributed by atoms with E-state index < -0.39 is 11.4 Å². The number of urea groups is 1.